The molecule has 4 rings (SSSR count). The highest BCUT2D eigenvalue weighted by Gasteiger charge is 2.34. The third-order valence-electron chi connectivity index (χ3n) is 4.59. The smallest absolute Gasteiger partial charge is 0.251 e. The van der Waals surface area contributed by atoms with Gasteiger partial charge in [0.2, 0.25) is 5.95 Å². The summed E-state index contributed by atoms with van der Waals surface area (Å²) in [6, 6.07) is 14.4. The molecule has 0 unspecified atom stereocenters. The van der Waals surface area contributed by atoms with Gasteiger partial charge >= 0.3 is 0 Å². The predicted octanol–water partition coefficient (Wildman–Crippen LogP) is 4.19. The maximum Gasteiger partial charge on any atom is 0.251 e. The molecular weight excluding hydrogens is 397 g/mol. The molecule has 0 aliphatic carbocycles. The van der Waals surface area contributed by atoms with Gasteiger partial charge in [-0.1, -0.05) is 59.6 Å². The number of nitrogens with one attached hydrogen (secondary N) is 2. The zero-order valence-electron chi connectivity index (χ0n) is 15.0. The lowest BCUT2D eigenvalue weighted by molar-refractivity contribution is -0.118. The fourth-order valence-electron chi connectivity index (χ4n) is 3.27. The average molecular weight is 414 g/mol. The normalized spacial score (nSPS) is 15.8. The molecule has 1 atom stereocenters. The van der Waals surface area contributed by atoms with Crippen LogP contribution in [-0.4, -0.2) is 20.7 Å². The lowest BCUT2D eigenvalue weighted by Crippen LogP contribution is -2.35. The molecule has 3 aromatic rings. The molecule has 28 heavy (non-hydrogen) atoms. The Bertz CT molecular complexity index is 1060. The Hall–Kier alpha value is -2.83. The van der Waals surface area contributed by atoms with Crippen LogP contribution in [0.5, 0.6) is 0 Å². The van der Waals surface area contributed by atoms with Crippen LogP contribution in [0.3, 0.4) is 0 Å². The van der Waals surface area contributed by atoms with Crippen molar-refractivity contribution >= 4 is 35.1 Å². The predicted molar refractivity (Wildman–Crippen MR) is 109 cm³/mol. The van der Waals surface area contributed by atoms with Crippen LogP contribution in [0.1, 0.15) is 24.1 Å². The first-order chi connectivity index (χ1) is 13.5. The summed E-state index contributed by atoms with van der Waals surface area (Å²) >= 11 is 12.5. The molecule has 1 aromatic heterocycles. The monoisotopic (exact) mass is 413 g/mol. The van der Waals surface area contributed by atoms with Crippen LogP contribution in [0.2, 0.25) is 10.0 Å². The Balaban J connectivity index is 1.71. The van der Waals surface area contributed by atoms with Crippen LogP contribution in [0, 0.1) is 0 Å². The molecule has 6 nitrogen and oxygen atoms in total. The standard InChI is InChI=1S/C20H17Cl2N5O/c1-12-17(19(28)23-10-13-5-3-2-4-6-13)18(27-20(26-12)24-11-25-27)15-8-7-14(21)9-16(15)22/h2-9,11,18H,10H2,1H3,(H,23,28)(H,24,25,26)/t18-/m0/s1. The van der Waals surface area contributed by atoms with Crippen LogP contribution in [0.4, 0.5) is 5.95 Å². The van der Waals surface area contributed by atoms with Gasteiger partial charge in [0.1, 0.15) is 12.4 Å². The lowest BCUT2D eigenvalue weighted by atomic mass is 9.95. The largest absolute Gasteiger partial charge is 0.348 e. The minimum absolute atomic E-state index is 0.203. The minimum Gasteiger partial charge on any atom is -0.348 e. The quantitative estimate of drug-likeness (QED) is 0.672. The van der Waals surface area contributed by atoms with Gasteiger partial charge in [-0.2, -0.15) is 10.1 Å². The molecular formula is C20H17Cl2N5O. The number of fused-ring (bicyclic) bond motifs is 1. The maximum absolute atomic E-state index is 13.1. The highest BCUT2D eigenvalue weighted by Crippen LogP contribution is 2.38. The number of hydrogen-bond donors (Lipinski definition) is 2. The molecule has 0 bridgehead atoms. The molecule has 2 N–H and O–H groups in total. The second kappa shape index (κ2) is 7.66. The van der Waals surface area contributed by atoms with Crippen molar-refractivity contribution in [3.8, 4) is 0 Å². The maximum atomic E-state index is 13.1. The van der Waals surface area contributed by atoms with Crippen molar-refractivity contribution in [3.05, 3.63) is 87.3 Å². The number of benzene rings is 2. The van der Waals surface area contributed by atoms with Gasteiger partial charge in [0.15, 0.2) is 0 Å². The second-order valence-electron chi connectivity index (χ2n) is 6.43. The number of carbonyl (C=O) groups excluding carboxylic acids is 1. The number of halogens is 2. The van der Waals surface area contributed by atoms with Crippen LogP contribution in [-0.2, 0) is 11.3 Å². The fraction of sp³-hybridized carbons (Fsp3) is 0.150. The topological polar surface area (TPSA) is 71.8 Å². The van der Waals surface area contributed by atoms with Crippen molar-refractivity contribution in [3.63, 3.8) is 0 Å². The van der Waals surface area contributed by atoms with Gasteiger partial charge in [0.05, 0.1) is 5.57 Å². The Morgan fingerprint density at radius 2 is 2.00 bits per heavy atom. The Morgan fingerprint density at radius 3 is 2.75 bits per heavy atom. The van der Waals surface area contributed by atoms with E-state index < -0.39 is 6.04 Å². The summed E-state index contributed by atoms with van der Waals surface area (Å²) in [4.78, 5) is 17.4. The van der Waals surface area contributed by atoms with Crippen LogP contribution in [0.25, 0.3) is 0 Å². The van der Waals surface area contributed by atoms with Crippen molar-refractivity contribution in [1.29, 1.82) is 0 Å². The molecule has 0 saturated carbocycles. The van der Waals surface area contributed by atoms with Crippen LogP contribution in [0.15, 0.2) is 66.1 Å². The Labute approximate surface area is 172 Å². The molecule has 2 heterocycles. The minimum atomic E-state index is -0.515. The molecule has 142 valence electrons. The first-order valence-electron chi connectivity index (χ1n) is 8.69. The van der Waals surface area contributed by atoms with Gasteiger partial charge < -0.3 is 10.6 Å². The molecule has 2 aromatic carbocycles. The van der Waals surface area contributed by atoms with E-state index in [-0.39, 0.29) is 5.91 Å². The van der Waals surface area contributed by atoms with Crippen molar-refractivity contribution < 1.29 is 4.79 Å². The molecule has 0 radical (unpaired) electrons. The van der Waals surface area contributed by atoms with Gasteiger partial charge in [-0.15, -0.1) is 0 Å². The first-order valence-corrected chi connectivity index (χ1v) is 9.44. The highest BCUT2D eigenvalue weighted by atomic mass is 35.5. The number of anilines is 1. The summed E-state index contributed by atoms with van der Waals surface area (Å²) in [5.74, 6) is 0.346. The third kappa shape index (κ3) is 3.48. The Kier molecular flexibility index (Phi) is 5.07. The van der Waals surface area contributed by atoms with Crippen molar-refractivity contribution in [2.24, 2.45) is 0 Å². The number of hydrogen-bond acceptors (Lipinski definition) is 4. The van der Waals surface area contributed by atoms with E-state index in [1.54, 1.807) is 16.8 Å². The zero-order valence-corrected chi connectivity index (χ0v) is 16.5. The molecule has 1 aliphatic rings. The zero-order chi connectivity index (χ0) is 19.7. The van der Waals surface area contributed by atoms with Gasteiger partial charge in [0.25, 0.3) is 5.91 Å². The SMILES string of the molecule is CC1=C(C(=O)NCc2ccccc2)[C@H](c2ccc(Cl)cc2Cl)n2ncnc2N1. The number of amides is 1. The number of aromatic nitrogens is 3. The fourth-order valence-corrected chi connectivity index (χ4v) is 3.78. The van der Waals surface area contributed by atoms with E-state index in [0.717, 1.165) is 11.1 Å². The van der Waals surface area contributed by atoms with E-state index in [1.165, 1.54) is 6.33 Å². The molecule has 1 aliphatic heterocycles. The van der Waals surface area contributed by atoms with E-state index in [2.05, 4.69) is 20.7 Å². The lowest BCUT2D eigenvalue weighted by Gasteiger charge is -2.29. The van der Waals surface area contributed by atoms with E-state index >= 15 is 0 Å². The van der Waals surface area contributed by atoms with Crippen molar-refractivity contribution in [1.82, 2.24) is 20.1 Å². The second-order valence-corrected chi connectivity index (χ2v) is 7.27. The van der Waals surface area contributed by atoms with Crippen molar-refractivity contribution in [2.75, 3.05) is 5.32 Å². The van der Waals surface area contributed by atoms with E-state index in [0.29, 0.717) is 33.8 Å². The van der Waals surface area contributed by atoms with Crippen molar-refractivity contribution in [2.45, 2.75) is 19.5 Å². The number of nitrogens with zero attached hydrogens (tertiary/aromatic N) is 3. The summed E-state index contributed by atoms with van der Waals surface area (Å²) in [5.41, 5.74) is 2.96. The summed E-state index contributed by atoms with van der Waals surface area (Å²) in [6.45, 7) is 2.26. The van der Waals surface area contributed by atoms with E-state index in [4.69, 9.17) is 23.2 Å². The average Bonchev–Trinajstić information content (AvgIpc) is 3.14. The van der Waals surface area contributed by atoms with E-state index in [1.807, 2.05) is 43.3 Å². The first kappa shape index (κ1) is 18.5. The third-order valence-corrected chi connectivity index (χ3v) is 5.15. The molecule has 0 saturated heterocycles. The number of carbonyl (C=O) groups is 1. The summed E-state index contributed by atoms with van der Waals surface area (Å²) in [7, 11) is 0. The van der Waals surface area contributed by atoms with Gasteiger partial charge in [-0.3, -0.25) is 4.79 Å². The molecule has 8 heteroatoms. The highest BCUT2D eigenvalue weighted by molar-refractivity contribution is 6.35. The summed E-state index contributed by atoms with van der Waals surface area (Å²) in [6.07, 6.45) is 1.44. The van der Waals surface area contributed by atoms with E-state index in [9.17, 15) is 4.79 Å². The number of rotatable bonds is 4. The molecule has 0 fully saturated rings. The van der Waals surface area contributed by atoms with Gasteiger partial charge in [-0.05, 0) is 24.6 Å². The Morgan fingerprint density at radius 1 is 1.21 bits per heavy atom. The summed E-state index contributed by atoms with van der Waals surface area (Å²) < 4.78 is 1.65. The number of allylic oxidation sites excluding steroid dienone is 1. The summed E-state index contributed by atoms with van der Waals surface area (Å²) in [5, 5.41) is 11.4. The molecule has 0 spiro atoms. The molecule has 1 amide bonds. The van der Waals surface area contributed by atoms with Gasteiger partial charge in [0, 0.05) is 27.9 Å². The van der Waals surface area contributed by atoms with Gasteiger partial charge in [-0.25, -0.2) is 4.68 Å². The van der Waals surface area contributed by atoms with Crippen LogP contribution < -0.4 is 10.6 Å². The van der Waals surface area contributed by atoms with Crippen LogP contribution >= 0.6 is 23.2 Å².